The van der Waals surface area contributed by atoms with Crippen LogP contribution in [0.25, 0.3) is 22.6 Å². The Morgan fingerprint density at radius 1 is 0.950 bits per heavy atom. The SMILES string of the molecule is Cc1ccc2nc(-c3ccc(C(C)(C)C)cc3)oc2c1. The average molecular weight is 265 g/mol. The van der Waals surface area contributed by atoms with Gasteiger partial charge in [0.2, 0.25) is 5.89 Å². The Kier molecular flexibility index (Phi) is 2.89. The molecule has 2 aromatic carbocycles. The molecule has 0 saturated heterocycles. The number of fused-ring (bicyclic) bond motifs is 1. The second-order valence-electron chi connectivity index (χ2n) is 6.32. The summed E-state index contributed by atoms with van der Waals surface area (Å²) in [6, 6.07) is 14.5. The molecular formula is C18H19NO. The molecule has 102 valence electrons. The molecule has 3 aromatic rings. The van der Waals surface area contributed by atoms with Crippen molar-refractivity contribution in [1.82, 2.24) is 4.98 Å². The van der Waals surface area contributed by atoms with Gasteiger partial charge in [-0.3, -0.25) is 0 Å². The van der Waals surface area contributed by atoms with Crippen LogP contribution in [0, 0.1) is 6.92 Å². The van der Waals surface area contributed by atoms with E-state index in [1.807, 2.05) is 12.1 Å². The number of rotatable bonds is 1. The van der Waals surface area contributed by atoms with E-state index in [1.54, 1.807) is 0 Å². The minimum atomic E-state index is 0.164. The van der Waals surface area contributed by atoms with Crippen molar-refractivity contribution in [2.75, 3.05) is 0 Å². The third-order valence-electron chi connectivity index (χ3n) is 3.54. The maximum atomic E-state index is 5.85. The molecule has 0 aliphatic carbocycles. The quantitative estimate of drug-likeness (QED) is 0.611. The van der Waals surface area contributed by atoms with Gasteiger partial charge in [0.15, 0.2) is 5.58 Å². The van der Waals surface area contributed by atoms with E-state index < -0.39 is 0 Å². The summed E-state index contributed by atoms with van der Waals surface area (Å²) in [7, 11) is 0. The van der Waals surface area contributed by atoms with Crippen molar-refractivity contribution in [2.45, 2.75) is 33.1 Å². The van der Waals surface area contributed by atoms with E-state index in [2.05, 4.69) is 63.0 Å². The van der Waals surface area contributed by atoms with Crippen LogP contribution in [-0.2, 0) is 5.41 Å². The minimum absolute atomic E-state index is 0.164. The van der Waals surface area contributed by atoms with Gasteiger partial charge in [0, 0.05) is 5.56 Å². The number of aryl methyl sites for hydroxylation is 1. The summed E-state index contributed by atoms with van der Waals surface area (Å²) in [6.45, 7) is 8.69. The Labute approximate surface area is 119 Å². The van der Waals surface area contributed by atoms with Crippen LogP contribution in [-0.4, -0.2) is 4.98 Å². The monoisotopic (exact) mass is 265 g/mol. The summed E-state index contributed by atoms with van der Waals surface area (Å²) in [5.74, 6) is 0.686. The van der Waals surface area contributed by atoms with Gasteiger partial charge in [0.25, 0.3) is 0 Å². The van der Waals surface area contributed by atoms with Gasteiger partial charge < -0.3 is 4.42 Å². The van der Waals surface area contributed by atoms with Crippen LogP contribution in [0.2, 0.25) is 0 Å². The van der Waals surface area contributed by atoms with Gasteiger partial charge in [0.1, 0.15) is 5.52 Å². The van der Waals surface area contributed by atoms with Crippen molar-refractivity contribution >= 4 is 11.1 Å². The van der Waals surface area contributed by atoms with E-state index in [-0.39, 0.29) is 5.41 Å². The molecule has 1 heterocycles. The summed E-state index contributed by atoms with van der Waals surface area (Å²) < 4.78 is 5.85. The lowest BCUT2D eigenvalue weighted by molar-refractivity contribution is 0.589. The zero-order valence-corrected chi connectivity index (χ0v) is 12.4. The first-order chi connectivity index (χ1) is 9.43. The van der Waals surface area contributed by atoms with Crippen molar-refractivity contribution in [1.29, 1.82) is 0 Å². The fourth-order valence-corrected chi connectivity index (χ4v) is 2.27. The molecule has 3 rings (SSSR count). The third kappa shape index (κ3) is 2.34. The van der Waals surface area contributed by atoms with Gasteiger partial charge >= 0.3 is 0 Å². The predicted molar refractivity (Wildman–Crippen MR) is 82.9 cm³/mol. The zero-order chi connectivity index (χ0) is 14.3. The van der Waals surface area contributed by atoms with Gasteiger partial charge in [-0.2, -0.15) is 0 Å². The highest BCUT2D eigenvalue weighted by molar-refractivity contribution is 5.76. The maximum Gasteiger partial charge on any atom is 0.227 e. The van der Waals surface area contributed by atoms with Gasteiger partial charge in [-0.15, -0.1) is 0 Å². The topological polar surface area (TPSA) is 26.0 Å². The smallest absolute Gasteiger partial charge is 0.227 e. The molecule has 0 aliphatic rings. The van der Waals surface area contributed by atoms with Crippen molar-refractivity contribution in [3.8, 4) is 11.5 Å². The molecule has 0 bridgehead atoms. The molecule has 0 spiro atoms. The van der Waals surface area contributed by atoms with Crippen molar-refractivity contribution in [3.05, 3.63) is 53.6 Å². The predicted octanol–water partition coefficient (Wildman–Crippen LogP) is 5.10. The van der Waals surface area contributed by atoms with E-state index in [0.29, 0.717) is 5.89 Å². The molecule has 0 atom stereocenters. The lowest BCUT2D eigenvalue weighted by Crippen LogP contribution is -2.10. The average Bonchev–Trinajstić information content (AvgIpc) is 2.80. The van der Waals surface area contributed by atoms with Crippen LogP contribution >= 0.6 is 0 Å². The lowest BCUT2D eigenvalue weighted by atomic mass is 9.87. The van der Waals surface area contributed by atoms with Crippen LogP contribution in [0.1, 0.15) is 31.9 Å². The Bertz CT molecular complexity index is 745. The molecule has 0 fully saturated rings. The third-order valence-corrected chi connectivity index (χ3v) is 3.54. The Morgan fingerprint density at radius 2 is 1.65 bits per heavy atom. The number of oxazole rings is 1. The highest BCUT2D eigenvalue weighted by Crippen LogP contribution is 2.28. The van der Waals surface area contributed by atoms with Gasteiger partial charge in [-0.25, -0.2) is 4.98 Å². The lowest BCUT2D eigenvalue weighted by Gasteiger charge is -2.18. The van der Waals surface area contributed by atoms with Gasteiger partial charge in [-0.05, 0) is 47.7 Å². The first kappa shape index (κ1) is 12.9. The second-order valence-corrected chi connectivity index (χ2v) is 6.32. The summed E-state index contributed by atoms with van der Waals surface area (Å²) in [5.41, 5.74) is 5.44. The normalized spacial score (nSPS) is 12.0. The zero-order valence-electron chi connectivity index (χ0n) is 12.4. The highest BCUT2D eigenvalue weighted by atomic mass is 16.3. The summed E-state index contributed by atoms with van der Waals surface area (Å²) in [4.78, 5) is 4.55. The van der Waals surface area contributed by atoms with Crippen LogP contribution in [0.4, 0.5) is 0 Å². The second kappa shape index (κ2) is 4.48. The van der Waals surface area contributed by atoms with E-state index in [9.17, 15) is 0 Å². The summed E-state index contributed by atoms with van der Waals surface area (Å²) in [5, 5.41) is 0. The molecule has 0 amide bonds. The van der Waals surface area contributed by atoms with Crippen molar-refractivity contribution < 1.29 is 4.42 Å². The fourth-order valence-electron chi connectivity index (χ4n) is 2.27. The maximum absolute atomic E-state index is 5.85. The van der Waals surface area contributed by atoms with Gasteiger partial charge in [-0.1, -0.05) is 39.0 Å². The van der Waals surface area contributed by atoms with Crippen LogP contribution < -0.4 is 0 Å². The highest BCUT2D eigenvalue weighted by Gasteiger charge is 2.14. The van der Waals surface area contributed by atoms with Crippen molar-refractivity contribution in [2.24, 2.45) is 0 Å². The van der Waals surface area contributed by atoms with Crippen LogP contribution in [0.15, 0.2) is 46.9 Å². The van der Waals surface area contributed by atoms with E-state index in [0.717, 1.165) is 16.7 Å². The number of aromatic nitrogens is 1. The van der Waals surface area contributed by atoms with Gasteiger partial charge in [0.05, 0.1) is 0 Å². The van der Waals surface area contributed by atoms with Crippen molar-refractivity contribution in [3.63, 3.8) is 0 Å². The molecule has 2 nitrogen and oxygen atoms in total. The molecule has 0 aliphatic heterocycles. The Morgan fingerprint density at radius 3 is 2.30 bits per heavy atom. The van der Waals surface area contributed by atoms with E-state index in [4.69, 9.17) is 4.42 Å². The number of nitrogens with zero attached hydrogens (tertiary/aromatic N) is 1. The molecule has 0 unspecified atom stereocenters. The molecule has 0 radical (unpaired) electrons. The molecule has 0 saturated carbocycles. The first-order valence-electron chi connectivity index (χ1n) is 6.91. The fraction of sp³-hybridized carbons (Fsp3) is 0.278. The van der Waals surface area contributed by atoms with Crippen LogP contribution in [0.5, 0.6) is 0 Å². The summed E-state index contributed by atoms with van der Waals surface area (Å²) >= 11 is 0. The minimum Gasteiger partial charge on any atom is -0.436 e. The first-order valence-corrected chi connectivity index (χ1v) is 6.91. The molecule has 0 N–H and O–H groups in total. The molecule has 2 heteroatoms. The number of hydrogen-bond donors (Lipinski definition) is 0. The standard InChI is InChI=1S/C18H19NO/c1-12-5-10-15-16(11-12)20-17(19-15)13-6-8-14(9-7-13)18(2,3)4/h5-11H,1-4H3. The largest absolute Gasteiger partial charge is 0.436 e. The van der Waals surface area contributed by atoms with E-state index in [1.165, 1.54) is 11.1 Å². The molecule has 20 heavy (non-hydrogen) atoms. The number of hydrogen-bond acceptors (Lipinski definition) is 2. The van der Waals surface area contributed by atoms with E-state index >= 15 is 0 Å². The molecular weight excluding hydrogens is 246 g/mol. The molecule has 1 aromatic heterocycles. The Balaban J connectivity index is 2.02. The Hall–Kier alpha value is -2.09. The van der Waals surface area contributed by atoms with Crippen LogP contribution in [0.3, 0.4) is 0 Å². The summed E-state index contributed by atoms with van der Waals surface area (Å²) in [6.07, 6.45) is 0. The number of benzene rings is 2.